The summed E-state index contributed by atoms with van der Waals surface area (Å²) < 4.78 is 0. The molecule has 0 saturated heterocycles. The Morgan fingerprint density at radius 1 is 1.25 bits per heavy atom. The highest BCUT2D eigenvalue weighted by Gasteiger charge is 2.23. The quantitative estimate of drug-likeness (QED) is 0.886. The van der Waals surface area contributed by atoms with Crippen molar-refractivity contribution in [1.82, 2.24) is 4.98 Å². The molecule has 1 aromatic heterocycles. The fourth-order valence-electron chi connectivity index (χ4n) is 3.19. The van der Waals surface area contributed by atoms with Gasteiger partial charge in [0.1, 0.15) is 0 Å². The smallest absolute Gasteiger partial charge is 0.0572 e. The molecule has 1 heterocycles. The summed E-state index contributed by atoms with van der Waals surface area (Å²) in [6.07, 6.45) is 9.62. The first kappa shape index (κ1) is 15.3. The molecule has 1 atom stereocenters. The first-order valence-electron chi connectivity index (χ1n) is 8.10. The van der Waals surface area contributed by atoms with Crippen LogP contribution in [0.2, 0.25) is 0 Å². The van der Waals surface area contributed by atoms with Gasteiger partial charge < -0.3 is 10.6 Å². The van der Waals surface area contributed by atoms with Crippen LogP contribution in [0.25, 0.3) is 0 Å². The second kappa shape index (κ2) is 7.07. The van der Waals surface area contributed by atoms with Gasteiger partial charge in [-0.25, -0.2) is 0 Å². The maximum atomic E-state index is 6.02. The molecule has 1 unspecified atom stereocenters. The molecule has 0 aromatic carbocycles. The zero-order valence-corrected chi connectivity index (χ0v) is 13.2. The van der Waals surface area contributed by atoms with E-state index in [1.54, 1.807) is 0 Å². The van der Waals surface area contributed by atoms with Gasteiger partial charge in [-0.1, -0.05) is 20.3 Å². The van der Waals surface area contributed by atoms with Crippen molar-refractivity contribution < 1.29 is 0 Å². The molecule has 2 N–H and O–H groups in total. The van der Waals surface area contributed by atoms with Crippen molar-refractivity contribution in [1.29, 1.82) is 0 Å². The van der Waals surface area contributed by atoms with E-state index in [9.17, 15) is 0 Å². The lowest BCUT2D eigenvalue weighted by molar-refractivity contribution is 0.313. The first-order valence-corrected chi connectivity index (χ1v) is 8.10. The van der Waals surface area contributed by atoms with E-state index < -0.39 is 0 Å². The van der Waals surface area contributed by atoms with E-state index in [4.69, 9.17) is 5.73 Å². The van der Waals surface area contributed by atoms with E-state index in [0.717, 1.165) is 18.0 Å². The molecular weight excluding hydrogens is 246 g/mol. The van der Waals surface area contributed by atoms with Crippen LogP contribution in [0.4, 0.5) is 5.69 Å². The van der Waals surface area contributed by atoms with Crippen molar-refractivity contribution in [2.75, 3.05) is 11.9 Å². The summed E-state index contributed by atoms with van der Waals surface area (Å²) in [5.74, 6) is 0.947. The predicted octanol–water partition coefficient (Wildman–Crippen LogP) is 3.90. The molecule has 3 heteroatoms. The van der Waals surface area contributed by atoms with E-state index in [-0.39, 0.29) is 6.04 Å². The minimum absolute atomic E-state index is 0.0642. The molecule has 1 aliphatic carbocycles. The molecule has 0 spiro atoms. The lowest BCUT2D eigenvalue weighted by atomic mass is 9.84. The SMILES string of the molecule is CCC1CCC(N(C)c2ccc(C(N)CC)nc2)CC1. The Labute approximate surface area is 123 Å². The third-order valence-corrected chi connectivity index (χ3v) is 4.94. The van der Waals surface area contributed by atoms with Crippen LogP contribution >= 0.6 is 0 Å². The molecular formula is C17H29N3. The number of pyridine rings is 1. The topological polar surface area (TPSA) is 42.1 Å². The second-order valence-electron chi connectivity index (χ2n) is 6.15. The molecule has 1 aliphatic rings. The van der Waals surface area contributed by atoms with Crippen LogP contribution in [0, 0.1) is 5.92 Å². The van der Waals surface area contributed by atoms with Gasteiger partial charge in [0.05, 0.1) is 17.6 Å². The third-order valence-electron chi connectivity index (χ3n) is 4.94. The van der Waals surface area contributed by atoms with Crippen LogP contribution in [0.15, 0.2) is 18.3 Å². The van der Waals surface area contributed by atoms with Crippen LogP contribution in [0.3, 0.4) is 0 Å². The Kier molecular flexibility index (Phi) is 5.41. The van der Waals surface area contributed by atoms with Crippen LogP contribution in [0.5, 0.6) is 0 Å². The zero-order valence-electron chi connectivity index (χ0n) is 13.2. The number of anilines is 1. The van der Waals surface area contributed by atoms with Crippen molar-refractivity contribution in [3.8, 4) is 0 Å². The zero-order chi connectivity index (χ0) is 14.5. The third kappa shape index (κ3) is 3.51. The van der Waals surface area contributed by atoms with Crippen molar-refractivity contribution in [3.05, 3.63) is 24.0 Å². The Balaban J connectivity index is 1.97. The largest absolute Gasteiger partial charge is 0.370 e. The van der Waals surface area contributed by atoms with Gasteiger partial charge in [-0.3, -0.25) is 4.98 Å². The van der Waals surface area contributed by atoms with Crippen molar-refractivity contribution in [2.45, 2.75) is 64.5 Å². The minimum atomic E-state index is 0.0642. The number of nitrogens with zero attached hydrogens (tertiary/aromatic N) is 2. The molecule has 112 valence electrons. The van der Waals surface area contributed by atoms with E-state index >= 15 is 0 Å². The molecule has 0 amide bonds. The maximum absolute atomic E-state index is 6.02. The number of hydrogen-bond acceptors (Lipinski definition) is 3. The minimum Gasteiger partial charge on any atom is -0.370 e. The molecule has 3 nitrogen and oxygen atoms in total. The van der Waals surface area contributed by atoms with E-state index in [0.29, 0.717) is 6.04 Å². The van der Waals surface area contributed by atoms with E-state index in [1.165, 1.54) is 37.8 Å². The molecule has 1 saturated carbocycles. The van der Waals surface area contributed by atoms with Crippen LogP contribution in [-0.4, -0.2) is 18.1 Å². The Bertz CT molecular complexity index is 393. The van der Waals surface area contributed by atoms with Gasteiger partial charge in [-0.15, -0.1) is 0 Å². The summed E-state index contributed by atoms with van der Waals surface area (Å²) in [5, 5.41) is 0. The lowest BCUT2D eigenvalue weighted by Gasteiger charge is -2.35. The Morgan fingerprint density at radius 3 is 2.45 bits per heavy atom. The Morgan fingerprint density at radius 2 is 1.95 bits per heavy atom. The molecule has 2 rings (SSSR count). The lowest BCUT2D eigenvalue weighted by Crippen LogP contribution is -2.35. The molecule has 20 heavy (non-hydrogen) atoms. The van der Waals surface area contributed by atoms with Crippen LogP contribution in [-0.2, 0) is 0 Å². The summed E-state index contributed by atoms with van der Waals surface area (Å²) in [6.45, 7) is 4.41. The summed E-state index contributed by atoms with van der Waals surface area (Å²) in [6, 6.07) is 4.99. The van der Waals surface area contributed by atoms with Gasteiger partial charge in [0, 0.05) is 19.1 Å². The number of hydrogen-bond donors (Lipinski definition) is 1. The fraction of sp³-hybridized carbons (Fsp3) is 0.706. The maximum Gasteiger partial charge on any atom is 0.0572 e. The molecule has 0 radical (unpaired) electrons. The predicted molar refractivity (Wildman–Crippen MR) is 85.9 cm³/mol. The highest BCUT2D eigenvalue weighted by molar-refractivity contribution is 5.45. The van der Waals surface area contributed by atoms with Gasteiger partial charge in [0.15, 0.2) is 0 Å². The molecule has 0 aliphatic heterocycles. The van der Waals surface area contributed by atoms with Gasteiger partial charge in [-0.05, 0) is 50.2 Å². The highest BCUT2D eigenvalue weighted by atomic mass is 15.1. The van der Waals surface area contributed by atoms with Gasteiger partial charge in [0.25, 0.3) is 0 Å². The number of rotatable bonds is 5. The van der Waals surface area contributed by atoms with Crippen LogP contribution < -0.4 is 10.6 Å². The standard InChI is InChI=1S/C17H29N3/c1-4-13-6-8-14(9-7-13)20(3)15-10-11-17(19-12-15)16(18)5-2/h10-14,16H,4-9,18H2,1-3H3. The van der Waals surface area contributed by atoms with Crippen molar-refractivity contribution in [2.24, 2.45) is 11.7 Å². The summed E-state index contributed by atoms with van der Waals surface area (Å²) in [4.78, 5) is 6.93. The summed E-state index contributed by atoms with van der Waals surface area (Å²) in [5.41, 5.74) is 8.24. The van der Waals surface area contributed by atoms with Gasteiger partial charge in [-0.2, -0.15) is 0 Å². The molecule has 0 bridgehead atoms. The van der Waals surface area contributed by atoms with E-state index in [2.05, 4.69) is 42.9 Å². The summed E-state index contributed by atoms with van der Waals surface area (Å²) in [7, 11) is 2.20. The number of nitrogens with two attached hydrogens (primary N) is 1. The van der Waals surface area contributed by atoms with Crippen LogP contribution in [0.1, 0.15) is 64.1 Å². The second-order valence-corrected chi connectivity index (χ2v) is 6.15. The van der Waals surface area contributed by atoms with E-state index in [1.807, 2.05) is 6.20 Å². The average molecular weight is 275 g/mol. The normalized spacial score (nSPS) is 24.4. The summed E-state index contributed by atoms with van der Waals surface area (Å²) >= 11 is 0. The highest BCUT2D eigenvalue weighted by Crippen LogP contribution is 2.31. The van der Waals surface area contributed by atoms with Crippen molar-refractivity contribution in [3.63, 3.8) is 0 Å². The monoisotopic (exact) mass is 275 g/mol. The molecule has 1 aromatic rings. The molecule has 1 fully saturated rings. The first-order chi connectivity index (χ1) is 9.65. The van der Waals surface area contributed by atoms with Crippen molar-refractivity contribution >= 4 is 5.69 Å². The Hall–Kier alpha value is -1.09. The van der Waals surface area contributed by atoms with Gasteiger partial charge >= 0.3 is 0 Å². The fourth-order valence-corrected chi connectivity index (χ4v) is 3.19. The number of aromatic nitrogens is 1. The van der Waals surface area contributed by atoms with Gasteiger partial charge in [0.2, 0.25) is 0 Å². The average Bonchev–Trinajstić information content (AvgIpc) is 2.53.